The number of hydrogen-bond acceptors (Lipinski definition) is 2. The van der Waals surface area contributed by atoms with Gasteiger partial charge in [-0.3, -0.25) is 0 Å². The van der Waals surface area contributed by atoms with Crippen LogP contribution in [-0.4, -0.2) is 31.2 Å². The molecule has 1 amide bonds. The Balaban J connectivity index is 4.01. The number of nitrogens with zero attached hydrogens (tertiary/aromatic N) is 1. The van der Waals surface area contributed by atoms with Crippen molar-refractivity contribution in [1.82, 2.24) is 4.90 Å². The van der Waals surface area contributed by atoms with E-state index in [0.717, 1.165) is 0 Å². The van der Waals surface area contributed by atoms with E-state index in [2.05, 4.69) is 20.8 Å². The minimum absolute atomic E-state index is 0.0260. The lowest BCUT2D eigenvalue weighted by Gasteiger charge is -2.27. The molecular weight excluding hydrogens is 190 g/mol. The fraction of sp³-hybridized carbons (Fsp3) is 0.917. The summed E-state index contributed by atoms with van der Waals surface area (Å²) >= 11 is 0. The maximum atomic E-state index is 11.6. The highest BCUT2D eigenvalue weighted by Gasteiger charge is 2.20. The lowest BCUT2D eigenvalue weighted by Crippen LogP contribution is -2.36. The summed E-state index contributed by atoms with van der Waals surface area (Å²) in [6.45, 7) is 13.6. The third kappa shape index (κ3) is 8.28. The molecule has 0 fully saturated rings. The van der Waals surface area contributed by atoms with Crippen molar-refractivity contribution in [2.45, 2.75) is 41.5 Å². The molecule has 0 spiro atoms. The standard InChI is InChI=1S/C12H25NO2/c1-11(2,3)8-13(7)10(14)15-9-12(4,5)6/h8-9H2,1-7H3. The first-order valence-electron chi connectivity index (χ1n) is 5.39. The molecular formula is C12H25NO2. The largest absolute Gasteiger partial charge is 0.449 e. The van der Waals surface area contributed by atoms with E-state index in [4.69, 9.17) is 4.74 Å². The zero-order valence-corrected chi connectivity index (χ0v) is 11.2. The van der Waals surface area contributed by atoms with Gasteiger partial charge >= 0.3 is 6.09 Å². The predicted molar refractivity (Wildman–Crippen MR) is 62.9 cm³/mol. The molecule has 0 aliphatic heterocycles. The molecule has 15 heavy (non-hydrogen) atoms. The van der Waals surface area contributed by atoms with Crippen LogP contribution in [0.4, 0.5) is 4.79 Å². The predicted octanol–water partition coefficient (Wildman–Crippen LogP) is 3.15. The van der Waals surface area contributed by atoms with Crippen LogP contribution in [0, 0.1) is 10.8 Å². The lowest BCUT2D eigenvalue weighted by molar-refractivity contribution is 0.0708. The highest BCUT2D eigenvalue weighted by atomic mass is 16.6. The van der Waals surface area contributed by atoms with Crippen LogP contribution in [0.3, 0.4) is 0 Å². The van der Waals surface area contributed by atoms with E-state index < -0.39 is 0 Å². The normalized spacial score (nSPS) is 12.5. The Hall–Kier alpha value is -0.730. The number of hydrogen-bond donors (Lipinski definition) is 0. The number of amides is 1. The molecule has 0 atom stereocenters. The molecule has 3 heteroatoms. The topological polar surface area (TPSA) is 29.5 Å². The smallest absolute Gasteiger partial charge is 0.409 e. The number of carbonyl (C=O) groups excluding carboxylic acids is 1. The van der Waals surface area contributed by atoms with Gasteiger partial charge < -0.3 is 9.64 Å². The molecule has 0 aromatic rings. The lowest BCUT2D eigenvalue weighted by atomic mass is 9.96. The van der Waals surface area contributed by atoms with Crippen LogP contribution < -0.4 is 0 Å². The maximum absolute atomic E-state index is 11.6. The minimum Gasteiger partial charge on any atom is -0.449 e. The third-order valence-electron chi connectivity index (χ3n) is 1.65. The van der Waals surface area contributed by atoms with Crippen LogP contribution in [0.1, 0.15) is 41.5 Å². The van der Waals surface area contributed by atoms with Gasteiger partial charge in [0.15, 0.2) is 0 Å². The van der Waals surface area contributed by atoms with E-state index in [0.29, 0.717) is 13.2 Å². The van der Waals surface area contributed by atoms with Gasteiger partial charge in [0.05, 0.1) is 6.61 Å². The monoisotopic (exact) mass is 215 g/mol. The highest BCUT2D eigenvalue weighted by molar-refractivity contribution is 5.67. The van der Waals surface area contributed by atoms with Gasteiger partial charge in [0, 0.05) is 13.6 Å². The van der Waals surface area contributed by atoms with E-state index >= 15 is 0 Å². The number of rotatable bonds is 2. The Morgan fingerprint density at radius 3 is 1.87 bits per heavy atom. The summed E-state index contributed by atoms with van der Waals surface area (Å²) in [5.41, 5.74) is 0.133. The molecule has 90 valence electrons. The SMILES string of the molecule is CN(CC(C)(C)C)C(=O)OCC(C)(C)C. The fourth-order valence-electron chi connectivity index (χ4n) is 1.16. The quantitative estimate of drug-likeness (QED) is 0.708. The van der Waals surface area contributed by atoms with Gasteiger partial charge in [0.1, 0.15) is 0 Å². The Morgan fingerprint density at radius 1 is 1.07 bits per heavy atom. The first-order chi connectivity index (χ1) is 6.51. The van der Waals surface area contributed by atoms with Crippen molar-refractivity contribution < 1.29 is 9.53 Å². The second-order valence-electron chi connectivity index (χ2n) is 6.53. The fourth-order valence-corrected chi connectivity index (χ4v) is 1.16. The average molecular weight is 215 g/mol. The van der Waals surface area contributed by atoms with Gasteiger partial charge in [-0.25, -0.2) is 4.79 Å². The molecule has 0 aromatic heterocycles. The zero-order valence-electron chi connectivity index (χ0n) is 11.2. The van der Waals surface area contributed by atoms with Crippen molar-refractivity contribution in [2.75, 3.05) is 20.2 Å². The van der Waals surface area contributed by atoms with E-state index in [1.54, 1.807) is 11.9 Å². The molecule has 0 radical (unpaired) electrons. The summed E-state index contributed by atoms with van der Waals surface area (Å²) in [5, 5.41) is 0. The van der Waals surface area contributed by atoms with Gasteiger partial charge in [-0.15, -0.1) is 0 Å². The van der Waals surface area contributed by atoms with Crippen LogP contribution in [0.2, 0.25) is 0 Å². The Kier molecular flexibility index (Phi) is 4.63. The maximum Gasteiger partial charge on any atom is 0.409 e. The van der Waals surface area contributed by atoms with E-state index in [1.165, 1.54) is 0 Å². The van der Waals surface area contributed by atoms with Crippen molar-refractivity contribution >= 4 is 6.09 Å². The van der Waals surface area contributed by atoms with Gasteiger partial charge in [0.25, 0.3) is 0 Å². The van der Waals surface area contributed by atoms with E-state index in [1.807, 2.05) is 20.8 Å². The summed E-state index contributed by atoms with van der Waals surface area (Å²) in [5.74, 6) is 0. The molecule has 3 nitrogen and oxygen atoms in total. The van der Waals surface area contributed by atoms with E-state index in [9.17, 15) is 4.79 Å². The first kappa shape index (κ1) is 14.3. The van der Waals surface area contributed by atoms with Crippen molar-refractivity contribution in [3.63, 3.8) is 0 Å². The Morgan fingerprint density at radius 2 is 1.53 bits per heavy atom. The second-order valence-corrected chi connectivity index (χ2v) is 6.53. The Labute approximate surface area is 93.8 Å². The molecule has 0 unspecified atom stereocenters. The van der Waals surface area contributed by atoms with Crippen LogP contribution in [0.5, 0.6) is 0 Å². The molecule has 0 heterocycles. The summed E-state index contributed by atoms with van der Waals surface area (Å²) < 4.78 is 5.20. The minimum atomic E-state index is -0.236. The Bertz CT molecular complexity index is 211. The van der Waals surface area contributed by atoms with Crippen molar-refractivity contribution in [1.29, 1.82) is 0 Å². The molecule has 0 aliphatic carbocycles. The van der Waals surface area contributed by atoms with Crippen LogP contribution in [0.25, 0.3) is 0 Å². The highest BCUT2D eigenvalue weighted by Crippen LogP contribution is 2.16. The van der Waals surface area contributed by atoms with Gasteiger partial charge in [-0.1, -0.05) is 41.5 Å². The molecule has 0 saturated heterocycles. The molecule has 0 N–H and O–H groups in total. The molecule has 0 aliphatic rings. The first-order valence-corrected chi connectivity index (χ1v) is 5.39. The van der Waals surface area contributed by atoms with E-state index in [-0.39, 0.29) is 16.9 Å². The van der Waals surface area contributed by atoms with Crippen molar-refractivity contribution in [2.24, 2.45) is 10.8 Å². The van der Waals surface area contributed by atoms with Crippen molar-refractivity contribution in [3.05, 3.63) is 0 Å². The van der Waals surface area contributed by atoms with Crippen LogP contribution in [0.15, 0.2) is 0 Å². The van der Waals surface area contributed by atoms with Crippen LogP contribution in [-0.2, 0) is 4.74 Å². The average Bonchev–Trinajstić information content (AvgIpc) is 1.95. The second kappa shape index (κ2) is 4.86. The number of ether oxygens (including phenoxy) is 1. The summed E-state index contributed by atoms with van der Waals surface area (Å²) in [7, 11) is 1.77. The molecule has 0 bridgehead atoms. The molecule has 0 saturated carbocycles. The molecule has 0 rings (SSSR count). The third-order valence-corrected chi connectivity index (χ3v) is 1.65. The van der Waals surface area contributed by atoms with Gasteiger partial charge in [-0.05, 0) is 10.8 Å². The van der Waals surface area contributed by atoms with Gasteiger partial charge in [-0.2, -0.15) is 0 Å². The summed E-state index contributed by atoms with van der Waals surface area (Å²) in [6, 6.07) is 0. The van der Waals surface area contributed by atoms with Gasteiger partial charge in [0.2, 0.25) is 0 Å². The summed E-state index contributed by atoms with van der Waals surface area (Å²) in [4.78, 5) is 13.2. The summed E-state index contributed by atoms with van der Waals surface area (Å²) in [6.07, 6.45) is -0.236. The van der Waals surface area contributed by atoms with Crippen molar-refractivity contribution in [3.8, 4) is 0 Å². The van der Waals surface area contributed by atoms with Crippen LogP contribution >= 0.6 is 0 Å². The molecule has 0 aromatic carbocycles. The number of carbonyl (C=O) groups is 1. The zero-order chi connectivity index (χ0) is 12.3.